The molecule has 2 aliphatic heterocycles. The number of hydrogen-bond donors (Lipinski definition) is 0. The standard InChI is InChI=1S/C27H29N5O4S2/c1-18-4-9-23-28-24(30-12-10-29(11-13-30)19-5-7-20(36-3)8-6-19)21(25(33)32(23)17-18)16-22-26(34)31(14-15-35-2)27(37)38-22/h4-9,16-17H,10-15H2,1-3H3/b22-16-. The number of pyridine rings is 1. The number of ether oxygens (including phenoxy) is 2. The number of benzene rings is 1. The maximum atomic E-state index is 13.8. The van der Waals surface area contributed by atoms with Gasteiger partial charge in [0.15, 0.2) is 0 Å². The van der Waals surface area contributed by atoms with Crippen molar-refractivity contribution >= 4 is 57.4 Å². The van der Waals surface area contributed by atoms with Crippen molar-refractivity contribution in [2.45, 2.75) is 6.92 Å². The average Bonchev–Trinajstić information content (AvgIpc) is 3.20. The van der Waals surface area contributed by atoms with Crippen LogP contribution in [0.5, 0.6) is 5.75 Å². The van der Waals surface area contributed by atoms with E-state index in [0.29, 0.717) is 52.5 Å². The summed E-state index contributed by atoms with van der Waals surface area (Å²) in [5.74, 6) is 1.18. The van der Waals surface area contributed by atoms with Gasteiger partial charge >= 0.3 is 0 Å². The molecule has 2 fully saturated rings. The van der Waals surface area contributed by atoms with Crippen LogP contribution in [0.3, 0.4) is 0 Å². The number of nitrogens with zero attached hydrogens (tertiary/aromatic N) is 5. The smallest absolute Gasteiger partial charge is 0.267 e. The Morgan fingerprint density at radius 3 is 2.42 bits per heavy atom. The number of methoxy groups -OCH3 is 2. The topological polar surface area (TPSA) is 79.6 Å². The molecule has 1 amide bonds. The van der Waals surface area contributed by atoms with E-state index < -0.39 is 0 Å². The fraction of sp³-hybridized carbons (Fsp3) is 0.333. The molecule has 5 rings (SSSR count). The Kier molecular flexibility index (Phi) is 7.68. The molecule has 0 N–H and O–H groups in total. The van der Waals surface area contributed by atoms with Crippen LogP contribution >= 0.6 is 24.0 Å². The second kappa shape index (κ2) is 11.1. The maximum Gasteiger partial charge on any atom is 0.267 e. The Morgan fingerprint density at radius 2 is 1.74 bits per heavy atom. The number of carbonyl (C=O) groups is 1. The minimum atomic E-state index is -0.221. The third-order valence-corrected chi connectivity index (χ3v) is 8.05. The number of amides is 1. The Labute approximate surface area is 230 Å². The van der Waals surface area contributed by atoms with Crippen molar-refractivity contribution < 1.29 is 14.3 Å². The number of piperazine rings is 1. The summed E-state index contributed by atoms with van der Waals surface area (Å²) < 4.78 is 12.4. The first-order valence-corrected chi connectivity index (χ1v) is 13.5. The van der Waals surface area contributed by atoms with E-state index >= 15 is 0 Å². The zero-order chi connectivity index (χ0) is 26.8. The molecule has 0 saturated carbocycles. The number of rotatable bonds is 7. The van der Waals surface area contributed by atoms with E-state index in [0.717, 1.165) is 30.1 Å². The van der Waals surface area contributed by atoms with Crippen LogP contribution in [0.1, 0.15) is 11.1 Å². The summed E-state index contributed by atoms with van der Waals surface area (Å²) in [6.45, 7) is 5.56. The van der Waals surface area contributed by atoms with E-state index in [1.807, 2.05) is 31.2 Å². The zero-order valence-electron chi connectivity index (χ0n) is 21.5. The Morgan fingerprint density at radius 1 is 1.03 bits per heavy atom. The highest BCUT2D eigenvalue weighted by molar-refractivity contribution is 8.26. The molecule has 198 valence electrons. The van der Waals surface area contributed by atoms with Crippen LogP contribution in [0.15, 0.2) is 52.3 Å². The largest absolute Gasteiger partial charge is 0.497 e. The van der Waals surface area contributed by atoms with E-state index in [1.165, 1.54) is 16.7 Å². The second-order valence-electron chi connectivity index (χ2n) is 9.09. The highest BCUT2D eigenvalue weighted by atomic mass is 32.2. The molecular weight excluding hydrogens is 522 g/mol. The Balaban J connectivity index is 1.49. The number of aryl methyl sites for hydroxylation is 1. The monoisotopic (exact) mass is 551 g/mol. The van der Waals surface area contributed by atoms with Crippen LogP contribution < -0.4 is 20.1 Å². The summed E-state index contributed by atoms with van der Waals surface area (Å²) in [6.07, 6.45) is 3.43. The highest BCUT2D eigenvalue weighted by Crippen LogP contribution is 2.33. The molecule has 0 aliphatic carbocycles. The van der Waals surface area contributed by atoms with E-state index in [9.17, 15) is 9.59 Å². The van der Waals surface area contributed by atoms with E-state index in [1.54, 1.807) is 30.9 Å². The van der Waals surface area contributed by atoms with Crippen molar-refractivity contribution in [3.05, 3.63) is 69.0 Å². The lowest BCUT2D eigenvalue weighted by Gasteiger charge is -2.37. The molecule has 2 saturated heterocycles. The molecule has 1 aromatic carbocycles. The molecule has 0 spiro atoms. The first kappa shape index (κ1) is 26.2. The van der Waals surface area contributed by atoms with Crippen molar-refractivity contribution in [1.82, 2.24) is 14.3 Å². The molecule has 9 nitrogen and oxygen atoms in total. The molecule has 0 unspecified atom stereocenters. The summed E-state index contributed by atoms with van der Waals surface area (Å²) in [5.41, 5.74) is 2.80. The molecule has 2 aliphatic rings. The van der Waals surface area contributed by atoms with Crippen LogP contribution in [0.25, 0.3) is 11.7 Å². The lowest BCUT2D eigenvalue weighted by atomic mass is 10.2. The van der Waals surface area contributed by atoms with Crippen molar-refractivity contribution in [2.75, 3.05) is 63.4 Å². The number of aromatic nitrogens is 2. The van der Waals surface area contributed by atoms with Crippen molar-refractivity contribution in [2.24, 2.45) is 0 Å². The summed E-state index contributed by atoms with van der Waals surface area (Å²) in [4.78, 5) is 38.1. The fourth-order valence-electron chi connectivity index (χ4n) is 4.59. The summed E-state index contributed by atoms with van der Waals surface area (Å²) >= 11 is 6.63. The number of thiocarbonyl (C=S) groups is 1. The molecule has 0 radical (unpaired) electrons. The Hall–Kier alpha value is -3.41. The predicted octanol–water partition coefficient (Wildman–Crippen LogP) is 3.19. The van der Waals surface area contributed by atoms with Gasteiger partial charge in [-0.1, -0.05) is 30.0 Å². The third-order valence-electron chi connectivity index (χ3n) is 6.67. The molecular formula is C27H29N5O4S2. The van der Waals surface area contributed by atoms with Gasteiger partial charge in [0.2, 0.25) is 0 Å². The number of thioether (sulfide) groups is 1. The number of fused-ring (bicyclic) bond motifs is 1. The maximum absolute atomic E-state index is 13.8. The quantitative estimate of drug-likeness (QED) is 0.325. The van der Waals surface area contributed by atoms with Crippen molar-refractivity contribution in [1.29, 1.82) is 0 Å². The summed E-state index contributed by atoms with van der Waals surface area (Å²) in [7, 11) is 3.24. The SMILES string of the molecule is COCCN1C(=O)/C(=C/c2c(N3CCN(c4ccc(OC)cc4)CC3)nc3ccc(C)cn3c2=O)SC1=S. The van der Waals surface area contributed by atoms with Gasteiger partial charge in [-0.05, 0) is 48.9 Å². The predicted molar refractivity (Wildman–Crippen MR) is 155 cm³/mol. The molecule has 0 atom stereocenters. The molecule has 4 heterocycles. The van der Waals surface area contributed by atoms with Crippen LogP contribution in [0.2, 0.25) is 0 Å². The van der Waals surface area contributed by atoms with Gasteiger partial charge in [0, 0.05) is 45.2 Å². The highest BCUT2D eigenvalue weighted by Gasteiger charge is 2.33. The van der Waals surface area contributed by atoms with E-state index in [2.05, 4.69) is 21.9 Å². The van der Waals surface area contributed by atoms with Gasteiger partial charge in [-0.2, -0.15) is 0 Å². The van der Waals surface area contributed by atoms with Crippen LogP contribution in [-0.4, -0.2) is 78.1 Å². The lowest BCUT2D eigenvalue weighted by Crippen LogP contribution is -2.47. The lowest BCUT2D eigenvalue weighted by molar-refractivity contribution is -0.122. The van der Waals surface area contributed by atoms with Gasteiger partial charge in [0.25, 0.3) is 11.5 Å². The van der Waals surface area contributed by atoms with Crippen molar-refractivity contribution in [3.63, 3.8) is 0 Å². The Bertz CT molecular complexity index is 1460. The fourth-order valence-corrected chi connectivity index (χ4v) is 5.88. The third kappa shape index (κ3) is 5.13. The number of anilines is 2. The second-order valence-corrected chi connectivity index (χ2v) is 10.8. The molecule has 0 bridgehead atoms. The van der Waals surface area contributed by atoms with Gasteiger partial charge in [-0.15, -0.1) is 0 Å². The van der Waals surface area contributed by atoms with Crippen LogP contribution in [-0.2, 0) is 9.53 Å². The molecule has 2 aromatic heterocycles. The average molecular weight is 552 g/mol. The minimum Gasteiger partial charge on any atom is -0.497 e. The summed E-state index contributed by atoms with van der Waals surface area (Å²) in [5, 5.41) is 0. The van der Waals surface area contributed by atoms with E-state index in [4.69, 9.17) is 26.7 Å². The molecule has 38 heavy (non-hydrogen) atoms. The van der Waals surface area contributed by atoms with Crippen LogP contribution in [0.4, 0.5) is 11.5 Å². The van der Waals surface area contributed by atoms with Crippen molar-refractivity contribution in [3.8, 4) is 5.75 Å². The summed E-state index contributed by atoms with van der Waals surface area (Å²) in [6, 6.07) is 11.8. The van der Waals surface area contributed by atoms with Gasteiger partial charge in [-0.3, -0.25) is 18.9 Å². The molecule has 11 heteroatoms. The van der Waals surface area contributed by atoms with E-state index in [-0.39, 0.29) is 11.5 Å². The first-order valence-electron chi connectivity index (χ1n) is 12.3. The van der Waals surface area contributed by atoms with Gasteiger partial charge in [-0.25, -0.2) is 4.98 Å². The van der Waals surface area contributed by atoms with Gasteiger partial charge in [0.05, 0.1) is 30.7 Å². The minimum absolute atomic E-state index is 0.214. The van der Waals surface area contributed by atoms with Gasteiger partial charge in [0.1, 0.15) is 21.5 Å². The zero-order valence-corrected chi connectivity index (χ0v) is 23.2. The van der Waals surface area contributed by atoms with Gasteiger partial charge < -0.3 is 19.3 Å². The molecule has 3 aromatic rings. The van der Waals surface area contributed by atoms with Crippen LogP contribution in [0, 0.1) is 6.92 Å². The normalized spacial score (nSPS) is 17.2. The first-order chi connectivity index (χ1) is 18.4. The number of hydrogen-bond acceptors (Lipinski definition) is 9. The number of carbonyl (C=O) groups excluding carboxylic acids is 1.